The van der Waals surface area contributed by atoms with Gasteiger partial charge in [0.15, 0.2) is 0 Å². The van der Waals surface area contributed by atoms with E-state index in [4.69, 9.17) is 15.6 Å². The van der Waals surface area contributed by atoms with Gasteiger partial charge in [0, 0.05) is 12.5 Å². The first-order chi connectivity index (χ1) is 8.51. The van der Waals surface area contributed by atoms with Crippen molar-refractivity contribution < 1.29 is 14.6 Å². The molecular weight excluding hydrogens is 238 g/mol. The third-order valence-electron chi connectivity index (χ3n) is 2.67. The fraction of sp³-hybridized carbons (Fsp3) is 0.273. The summed E-state index contributed by atoms with van der Waals surface area (Å²) in [4.78, 5) is 27.1. The van der Waals surface area contributed by atoms with E-state index in [1.54, 1.807) is 12.1 Å². The van der Waals surface area contributed by atoms with E-state index < -0.39 is 12.0 Å². The Morgan fingerprint density at radius 2 is 2.06 bits per heavy atom. The monoisotopic (exact) mass is 251 g/mol. The summed E-state index contributed by atoms with van der Waals surface area (Å²) >= 11 is 0. The second kappa shape index (κ2) is 4.53. The van der Waals surface area contributed by atoms with Crippen LogP contribution in [-0.2, 0) is 11.2 Å². The van der Waals surface area contributed by atoms with Gasteiger partial charge >= 0.3 is 11.7 Å². The molecule has 0 spiro atoms. The van der Waals surface area contributed by atoms with Crippen LogP contribution in [0.15, 0.2) is 16.9 Å². The minimum Gasteiger partial charge on any atom is -0.496 e. The van der Waals surface area contributed by atoms with Crippen molar-refractivity contribution in [3.8, 4) is 5.75 Å². The van der Waals surface area contributed by atoms with Crippen molar-refractivity contribution in [2.75, 3.05) is 7.11 Å². The zero-order valence-electron chi connectivity index (χ0n) is 9.69. The largest absolute Gasteiger partial charge is 0.496 e. The van der Waals surface area contributed by atoms with Crippen LogP contribution < -0.4 is 16.2 Å². The lowest BCUT2D eigenvalue weighted by Crippen LogP contribution is -2.32. The van der Waals surface area contributed by atoms with E-state index in [0.717, 1.165) is 0 Å². The van der Waals surface area contributed by atoms with Crippen LogP contribution in [0, 0.1) is 0 Å². The Kier molecular flexibility index (Phi) is 3.07. The van der Waals surface area contributed by atoms with Crippen LogP contribution in [-0.4, -0.2) is 34.2 Å². The number of aromatic nitrogens is 2. The van der Waals surface area contributed by atoms with Gasteiger partial charge in [-0.2, -0.15) is 0 Å². The number of hydrogen-bond donors (Lipinski definition) is 4. The Hall–Kier alpha value is -2.28. The van der Waals surface area contributed by atoms with Crippen LogP contribution >= 0.6 is 0 Å². The second-order valence-corrected chi connectivity index (χ2v) is 3.94. The molecule has 0 aliphatic heterocycles. The number of carbonyl (C=O) groups is 1. The van der Waals surface area contributed by atoms with Gasteiger partial charge in [0.25, 0.3) is 0 Å². The van der Waals surface area contributed by atoms with Crippen LogP contribution in [0.25, 0.3) is 11.0 Å². The lowest BCUT2D eigenvalue weighted by Gasteiger charge is -2.11. The lowest BCUT2D eigenvalue weighted by atomic mass is 10.0. The fourth-order valence-corrected chi connectivity index (χ4v) is 1.78. The van der Waals surface area contributed by atoms with E-state index in [-0.39, 0.29) is 12.1 Å². The molecule has 2 rings (SSSR count). The van der Waals surface area contributed by atoms with Gasteiger partial charge in [-0.1, -0.05) is 0 Å². The number of rotatable bonds is 4. The normalized spacial score (nSPS) is 12.6. The predicted molar refractivity (Wildman–Crippen MR) is 64.8 cm³/mol. The number of hydrogen-bond acceptors (Lipinski definition) is 4. The maximum absolute atomic E-state index is 11.2. The Morgan fingerprint density at radius 1 is 1.44 bits per heavy atom. The fourth-order valence-electron chi connectivity index (χ4n) is 1.78. The van der Waals surface area contributed by atoms with Gasteiger partial charge in [-0.25, -0.2) is 4.79 Å². The summed E-state index contributed by atoms with van der Waals surface area (Å²) in [6, 6.07) is 2.29. The number of nitrogens with one attached hydrogen (secondary N) is 2. The maximum Gasteiger partial charge on any atom is 0.323 e. The molecule has 0 bridgehead atoms. The number of H-pyrrole nitrogens is 2. The Morgan fingerprint density at radius 3 is 2.61 bits per heavy atom. The summed E-state index contributed by atoms with van der Waals surface area (Å²) in [5.41, 5.74) is 6.99. The highest BCUT2D eigenvalue weighted by Crippen LogP contribution is 2.24. The molecule has 1 atom stereocenters. The summed E-state index contributed by atoms with van der Waals surface area (Å²) in [6.45, 7) is 0. The van der Waals surface area contributed by atoms with Gasteiger partial charge in [0.2, 0.25) is 0 Å². The third-order valence-corrected chi connectivity index (χ3v) is 2.67. The molecule has 0 aliphatic rings. The van der Waals surface area contributed by atoms with Crippen molar-refractivity contribution in [2.24, 2.45) is 5.73 Å². The van der Waals surface area contributed by atoms with Gasteiger partial charge in [-0.05, 0) is 11.6 Å². The van der Waals surface area contributed by atoms with Gasteiger partial charge < -0.3 is 25.5 Å². The smallest absolute Gasteiger partial charge is 0.323 e. The van der Waals surface area contributed by atoms with Crippen molar-refractivity contribution in [2.45, 2.75) is 12.5 Å². The summed E-state index contributed by atoms with van der Waals surface area (Å²) in [5.74, 6) is -0.589. The number of nitrogens with two attached hydrogens (primary N) is 1. The minimum atomic E-state index is -1.08. The van der Waals surface area contributed by atoms with E-state index in [9.17, 15) is 9.59 Å². The number of aromatic amines is 2. The summed E-state index contributed by atoms with van der Waals surface area (Å²) in [5, 5.41) is 8.79. The molecule has 0 radical (unpaired) electrons. The molecule has 7 heteroatoms. The Bertz CT molecular complexity index is 643. The summed E-state index contributed by atoms with van der Waals surface area (Å²) in [7, 11) is 1.47. The number of benzene rings is 1. The van der Waals surface area contributed by atoms with Crippen molar-refractivity contribution in [1.29, 1.82) is 0 Å². The van der Waals surface area contributed by atoms with Gasteiger partial charge in [0.05, 0.1) is 18.1 Å². The average Bonchev–Trinajstić information content (AvgIpc) is 2.66. The molecule has 1 aromatic carbocycles. The molecule has 7 nitrogen and oxygen atoms in total. The topological polar surface area (TPSA) is 121 Å². The van der Waals surface area contributed by atoms with Gasteiger partial charge in [0.1, 0.15) is 11.8 Å². The number of methoxy groups -OCH3 is 1. The Labute approximate surface area is 102 Å². The highest BCUT2D eigenvalue weighted by molar-refractivity contribution is 5.79. The molecule has 1 heterocycles. The number of fused-ring (bicyclic) bond motifs is 1. The summed E-state index contributed by atoms with van der Waals surface area (Å²) in [6.07, 6.45) is 0.127. The number of carboxylic acid groups (broad SMARTS) is 1. The molecule has 0 amide bonds. The van der Waals surface area contributed by atoms with Gasteiger partial charge in [-0.3, -0.25) is 4.79 Å². The number of aliphatic carboxylic acids is 1. The molecule has 1 aromatic heterocycles. The molecule has 5 N–H and O–H groups in total. The van der Waals surface area contributed by atoms with E-state index in [1.165, 1.54) is 7.11 Å². The molecule has 0 aliphatic carbocycles. The van der Waals surface area contributed by atoms with Gasteiger partial charge in [-0.15, -0.1) is 0 Å². The van der Waals surface area contributed by atoms with Crippen LogP contribution in [0.5, 0.6) is 5.75 Å². The SMILES string of the molecule is COc1cc2[nH]c(=O)[nH]c2cc1C[C@H](N)C(=O)O. The molecular formula is C11H13N3O4. The zero-order chi connectivity index (χ0) is 13.3. The molecule has 0 saturated carbocycles. The molecule has 0 fully saturated rings. The minimum absolute atomic E-state index is 0.127. The summed E-state index contributed by atoms with van der Waals surface area (Å²) < 4.78 is 5.16. The molecule has 0 saturated heterocycles. The van der Waals surface area contributed by atoms with E-state index in [1.807, 2.05) is 0 Å². The number of imidazole rings is 1. The van der Waals surface area contributed by atoms with Crippen molar-refractivity contribution in [1.82, 2.24) is 9.97 Å². The van der Waals surface area contributed by atoms with E-state index in [2.05, 4.69) is 9.97 Å². The van der Waals surface area contributed by atoms with Crippen molar-refractivity contribution in [3.63, 3.8) is 0 Å². The number of carboxylic acids is 1. The lowest BCUT2D eigenvalue weighted by molar-refractivity contribution is -0.138. The standard InChI is InChI=1S/C11H13N3O4/c1-18-9-4-8-7(13-11(17)14-8)3-5(9)2-6(12)10(15)16/h3-4,6H,2,12H2,1H3,(H,15,16)(H2,13,14,17)/t6-/m0/s1. The average molecular weight is 251 g/mol. The van der Waals surface area contributed by atoms with Crippen molar-refractivity contribution in [3.05, 3.63) is 28.2 Å². The zero-order valence-corrected chi connectivity index (χ0v) is 9.69. The van der Waals surface area contributed by atoms with E-state index in [0.29, 0.717) is 22.3 Å². The van der Waals surface area contributed by atoms with Crippen molar-refractivity contribution >= 4 is 17.0 Å². The quantitative estimate of drug-likeness (QED) is 0.600. The number of ether oxygens (including phenoxy) is 1. The first-order valence-electron chi connectivity index (χ1n) is 5.28. The van der Waals surface area contributed by atoms with Crippen LogP contribution in [0.2, 0.25) is 0 Å². The molecule has 96 valence electrons. The maximum atomic E-state index is 11.2. The molecule has 18 heavy (non-hydrogen) atoms. The first-order valence-corrected chi connectivity index (χ1v) is 5.28. The predicted octanol–water partition coefficient (Wildman–Crippen LogP) is -0.181. The second-order valence-electron chi connectivity index (χ2n) is 3.94. The van der Waals surface area contributed by atoms with Crippen LogP contribution in [0.4, 0.5) is 0 Å². The first kappa shape index (κ1) is 12.2. The molecule has 0 unspecified atom stereocenters. The highest BCUT2D eigenvalue weighted by Gasteiger charge is 2.16. The highest BCUT2D eigenvalue weighted by atomic mass is 16.5. The van der Waals surface area contributed by atoms with E-state index >= 15 is 0 Å². The van der Waals surface area contributed by atoms with Crippen LogP contribution in [0.1, 0.15) is 5.56 Å². The van der Waals surface area contributed by atoms with Crippen LogP contribution in [0.3, 0.4) is 0 Å². The Balaban J connectivity index is 2.47. The third kappa shape index (κ3) is 2.21. The molecule has 2 aromatic rings.